The van der Waals surface area contributed by atoms with Crippen LogP contribution in [0.4, 0.5) is 0 Å². The molecule has 0 amide bonds. The second-order valence-corrected chi connectivity index (χ2v) is 3.02. The first kappa shape index (κ1) is 12.7. The lowest BCUT2D eigenvalue weighted by molar-refractivity contribution is -0.0359. The number of hydrogen-bond acceptors (Lipinski definition) is 5. The predicted molar refractivity (Wildman–Crippen MR) is 56.6 cm³/mol. The molecule has 1 rings (SSSR count). The molecule has 0 bridgehead atoms. The van der Waals surface area contributed by atoms with Gasteiger partial charge < -0.3 is 20.1 Å². The summed E-state index contributed by atoms with van der Waals surface area (Å²) in [5.41, 5.74) is 0.137. The molecule has 0 radical (unpaired) electrons. The second-order valence-electron chi connectivity index (χ2n) is 3.02. The van der Waals surface area contributed by atoms with Gasteiger partial charge in [-0.2, -0.15) is 0 Å². The number of hydrogen-bond donors (Lipinski definition) is 3. The first-order valence-corrected chi connectivity index (χ1v) is 4.58. The van der Waals surface area contributed by atoms with Crippen molar-refractivity contribution in [2.45, 2.75) is 6.29 Å². The van der Waals surface area contributed by atoms with Gasteiger partial charge in [0.1, 0.15) is 0 Å². The molecule has 1 unspecified atom stereocenters. The Morgan fingerprint density at radius 1 is 1.18 bits per heavy atom. The molecular weight excluding hydrogens is 228 g/mol. The van der Waals surface area contributed by atoms with Crippen molar-refractivity contribution in [3.63, 3.8) is 0 Å². The Balaban J connectivity index is 2.73. The normalized spacial score (nSPS) is 12.3. The van der Waals surface area contributed by atoms with Crippen LogP contribution in [-0.4, -0.2) is 33.5 Å². The Morgan fingerprint density at radius 2 is 1.71 bits per heavy atom. The summed E-state index contributed by atoms with van der Waals surface area (Å²) < 4.78 is 4.50. The second kappa shape index (κ2) is 5.66. The van der Waals surface area contributed by atoms with E-state index in [1.807, 2.05) is 0 Å². The number of carbonyl (C=O) groups excluding carboxylic acids is 1. The number of aliphatic hydroxyl groups is 2. The van der Waals surface area contributed by atoms with Crippen molar-refractivity contribution in [2.75, 3.05) is 0 Å². The number of esters is 1. The lowest BCUT2D eigenvalue weighted by atomic mass is 10.1. The van der Waals surface area contributed by atoms with Crippen LogP contribution in [0.3, 0.4) is 0 Å². The topological polar surface area (TPSA) is 104 Å². The van der Waals surface area contributed by atoms with Crippen molar-refractivity contribution < 1.29 is 29.6 Å². The molecule has 90 valence electrons. The summed E-state index contributed by atoms with van der Waals surface area (Å²) in [6.07, 6.45) is -0.138. The molecular formula is C11H10O6. The van der Waals surface area contributed by atoms with E-state index >= 15 is 0 Å². The first-order chi connectivity index (χ1) is 8.04. The van der Waals surface area contributed by atoms with Gasteiger partial charge in [-0.05, 0) is 24.3 Å². The number of rotatable bonds is 4. The molecule has 6 heteroatoms. The maximum Gasteiger partial charge on any atom is 0.340 e. The summed E-state index contributed by atoms with van der Waals surface area (Å²) in [6, 6.07) is 5.02. The maximum absolute atomic E-state index is 11.4. The smallest absolute Gasteiger partial charge is 0.340 e. The van der Waals surface area contributed by atoms with Gasteiger partial charge in [-0.15, -0.1) is 0 Å². The van der Waals surface area contributed by atoms with Gasteiger partial charge in [0.15, 0.2) is 0 Å². The highest BCUT2D eigenvalue weighted by Gasteiger charge is 2.12. The lowest BCUT2D eigenvalue weighted by Crippen LogP contribution is -2.15. The SMILES string of the molecule is O=C(O)c1ccc(C(=O)OC(O)C=CO)cc1. The van der Waals surface area contributed by atoms with Crippen LogP contribution in [0.25, 0.3) is 0 Å². The van der Waals surface area contributed by atoms with Crippen LogP contribution in [-0.2, 0) is 4.74 Å². The van der Waals surface area contributed by atoms with E-state index in [2.05, 4.69) is 4.74 Å². The van der Waals surface area contributed by atoms with E-state index < -0.39 is 18.2 Å². The first-order valence-electron chi connectivity index (χ1n) is 4.58. The van der Waals surface area contributed by atoms with Crippen LogP contribution in [0.2, 0.25) is 0 Å². The van der Waals surface area contributed by atoms with Crippen LogP contribution >= 0.6 is 0 Å². The highest BCUT2D eigenvalue weighted by Crippen LogP contribution is 2.07. The zero-order valence-corrected chi connectivity index (χ0v) is 8.61. The van der Waals surface area contributed by atoms with E-state index in [0.717, 1.165) is 6.08 Å². The summed E-state index contributed by atoms with van der Waals surface area (Å²) in [4.78, 5) is 21.9. The van der Waals surface area contributed by atoms with Crippen LogP contribution in [0, 0.1) is 0 Å². The van der Waals surface area contributed by atoms with E-state index in [1.165, 1.54) is 24.3 Å². The molecule has 0 spiro atoms. The third-order valence-electron chi connectivity index (χ3n) is 1.85. The molecule has 1 atom stereocenters. The lowest BCUT2D eigenvalue weighted by Gasteiger charge is -2.07. The van der Waals surface area contributed by atoms with Gasteiger partial charge in [-0.25, -0.2) is 9.59 Å². The Morgan fingerprint density at radius 3 is 2.18 bits per heavy atom. The number of carboxylic acids is 1. The van der Waals surface area contributed by atoms with Gasteiger partial charge in [0.05, 0.1) is 17.4 Å². The molecule has 1 aromatic carbocycles. The van der Waals surface area contributed by atoms with Gasteiger partial charge in [0.2, 0.25) is 6.29 Å². The molecule has 0 heterocycles. The van der Waals surface area contributed by atoms with Gasteiger partial charge in [0.25, 0.3) is 0 Å². The van der Waals surface area contributed by atoms with Crippen molar-refractivity contribution in [3.8, 4) is 0 Å². The summed E-state index contributed by atoms with van der Waals surface area (Å²) in [5, 5.41) is 26.0. The van der Waals surface area contributed by atoms with Gasteiger partial charge >= 0.3 is 11.9 Å². The van der Waals surface area contributed by atoms with E-state index in [9.17, 15) is 9.59 Å². The molecule has 1 aromatic rings. The quantitative estimate of drug-likeness (QED) is 0.409. The fourth-order valence-corrected chi connectivity index (χ4v) is 1.04. The fourth-order valence-electron chi connectivity index (χ4n) is 1.04. The Bertz CT molecular complexity index is 434. The van der Waals surface area contributed by atoms with Gasteiger partial charge in [0, 0.05) is 6.08 Å². The average molecular weight is 238 g/mol. The molecule has 0 aliphatic heterocycles. The van der Waals surface area contributed by atoms with E-state index in [4.69, 9.17) is 15.3 Å². The van der Waals surface area contributed by atoms with E-state index in [0.29, 0.717) is 6.26 Å². The largest absolute Gasteiger partial charge is 0.516 e. The highest BCUT2D eigenvalue weighted by atomic mass is 16.6. The summed E-state index contributed by atoms with van der Waals surface area (Å²) in [6.45, 7) is 0. The Labute approximate surface area is 96.4 Å². The predicted octanol–water partition coefficient (Wildman–Crippen LogP) is 0.932. The zero-order valence-electron chi connectivity index (χ0n) is 8.61. The van der Waals surface area contributed by atoms with Crippen molar-refractivity contribution in [2.24, 2.45) is 0 Å². The number of aromatic carboxylic acids is 1. The van der Waals surface area contributed by atoms with E-state index in [1.54, 1.807) is 0 Å². The Kier molecular flexibility index (Phi) is 4.24. The van der Waals surface area contributed by atoms with Crippen molar-refractivity contribution in [3.05, 3.63) is 47.7 Å². The van der Waals surface area contributed by atoms with Crippen LogP contribution in [0.5, 0.6) is 0 Å². The zero-order chi connectivity index (χ0) is 12.8. The average Bonchev–Trinajstić information content (AvgIpc) is 2.29. The van der Waals surface area contributed by atoms with Crippen molar-refractivity contribution in [1.82, 2.24) is 0 Å². The molecule has 6 nitrogen and oxygen atoms in total. The minimum atomic E-state index is -1.55. The number of benzene rings is 1. The minimum Gasteiger partial charge on any atom is -0.516 e. The molecule has 0 saturated carbocycles. The number of aliphatic hydroxyl groups excluding tert-OH is 2. The fraction of sp³-hybridized carbons (Fsp3) is 0.0909. The van der Waals surface area contributed by atoms with Gasteiger partial charge in [-0.3, -0.25) is 0 Å². The number of carbonyl (C=O) groups is 2. The molecule has 0 aliphatic rings. The summed E-state index contributed by atoms with van der Waals surface area (Å²) >= 11 is 0. The third kappa shape index (κ3) is 3.62. The summed E-state index contributed by atoms with van der Waals surface area (Å²) in [5.74, 6) is -1.93. The molecule has 0 saturated heterocycles. The Hall–Kier alpha value is -2.34. The molecule has 17 heavy (non-hydrogen) atoms. The standard InChI is InChI=1S/C11H10O6/c12-6-5-9(13)17-11(16)8-3-1-7(2-4-8)10(14)15/h1-6,9,12-13H,(H,14,15). The highest BCUT2D eigenvalue weighted by molar-refractivity contribution is 5.92. The van der Waals surface area contributed by atoms with E-state index in [-0.39, 0.29) is 11.1 Å². The molecule has 3 N–H and O–H groups in total. The molecule has 0 aromatic heterocycles. The third-order valence-corrected chi connectivity index (χ3v) is 1.85. The monoisotopic (exact) mass is 238 g/mol. The molecule has 0 fully saturated rings. The minimum absolute atomic E-state index is 0.0392. The number of ether oxygens (including phenoxy) is 1. The van der Waals surface area contributed by atoms with Crippen LogP contribution in [0.15, 0.2) is 36.6 Å². The van der Waals surface area contributed by atoms with Crippen LogP contribution in [0.1, 0.15) is 20.7 Å². The summed E-state index contributed by atoms with van der Waals surface area (Å²) in [7, 11) is 0. The van der Waals surface area contributed by atoms with Crippen molar-refractivity contribution >= 4 is 11.9 Å². The molecule has 0 aliphatic carbocycles. The van der Waals surface area contributed by atoms with Crippen molar-refractivity contribution in [1.29, 1.82) is 0 Å². The van der Waals surface area contributed by atoms with Crippen LogP contribution < -0.4 is 0 Å². The maximum atomic E-state index is 11.4. The number of carboxylic acid groups (broad SMARTS) is 1. The van der Waals surface area contributed by atoms with Gasteiger partial charge in [-0.1, -0.05) is 0 Å².